The molecule has 1 aliphatic heterocycles. The molecule has 0 spiro atoms. The highest BCUT2D eigenvalue weighted by atomic mass is 16.2. The first-order valence-electron chi connectivity index (χ1n) is 9.86. The van der Waals surface area contributed by atoms with Crippen LogP contribution < -0.4 is 5.32 Å². The molecule has 0 saturated carbocycles. The molecule has 1 aliphatic rings. The maximum Gasteiger partial charge on any atom is 0.287 e. The minimum absolute atomic E-state index is 0.0958. The quantitative estimate of drug-likeness (QED) is 0.817. The SMILES string of the molecule is CCCNC(=O)c1nc(C(=O)N(CC)Cc2ccccc2)c2n1CCCC2. The fourth-order valence-corrected chi connectivity index (χ4v) is 3.49. The standard InChI is InChI=1S/C21H28N4O2/c1-3-13-22-20(26)19-23-18(17-12-8-9-14-25(17)19)21(27)24(4-2)15-16-10-6-5-7-11-16/h5-7,10-11H,3-4,8-9,12-15H2,1-2H3,(H,22,26). The number of hydrogen-bond acceptors (Lipinski definition) is 3. The third-order valence-corrected chi connectivity index (χ3v) is 4.94. The van der Waals surface area contributed by atoms with Crippen molar-refractivity contribution in [2.75, 3.05) is 13.1 Å². The number of hydrogen-bond donors (Lipinski definition) is 1. The summed E-state index contributed by atoms with van der Waals surface area (Å²) in [6.07, 6.45) is 3.68. The van der Waals surface area contributed by atoms with Crippen molar-refractivity contribution in [2.45, 2.75) is 52.6 Å². The van der Waals surface area contributed by atoms with Gasteiger partial charge in [-0.2, -0.15) is 0 Å². The summed E-state index contributed by atoms with van der Waals surface area (Å²) in [5, 5.41) is 2.89. The van der Waals surface area contributed by atoms with Gasteiger partial charge in [0.25, 0.3) is 11.8 Å². The van der Waals surface area contributed by atoms with Gasteiger partial charge < -0.3 is 14.8 Å². The van der Waals surface area contributed by atoms with Crippen LogP contribution in [0.4, 0.5) is 0 Å². The van der Waals surface area contributed by atoms with E-state index in [0.717, 1.165) is 43.5 Å². The van der Waals surface area contributed by atoms with Crippen LogP contribution in [0.25, 0.3) is 0 Å². The average molecular weight is 368 g/mol. The molecule has 27 heavy (non-hydrogen) atoms. The number of rotatable bonds is 7. The number of carbonyl (C=O) groups is 2. The van der Waals surface area contributed by atoms with Crippen LogP contribution in [-0.4, -0.2) is 39.4 Å². The minimum atomic E-state index is -0.190. The van der Waals surface area contributed by atoms with Gasteiger partial charge in [-0.05, 0) is 38.2 Å². The van der Waals surface area contributed by atoms with E-state index in [0.29, 0.717) is 31.2 Å². The van der Waals surface area contributed by atoms with E-state index < -0.39 is 0 Å². The Hall–Kier alpha value is -2.63. The molecule has 0 saturated heterocycles. The number of aromatic nitrogens is 2. The molecule has 0 fully saturated rings. The van der Waals surface area contributed by atoms with E-state index in [4.69, 9.17) is 0 Å². The lowest BCUT2D eigenvalue weighted by atomic mass is 10.1. The lowest BCUT2D eigenvalue weighted by Gasteiger charge is -2.22. The summed E-state index contributed by atoms with van der Waals surface area (Å²) in [5.41, 5.74) is 2.43. The lowest BCUT2D eigenvalue weighted by molar-refractivity contribution is 0.0745. The van der Waals surface area contributed by atoms with Gasteiger partial charge in [0.1, 0.15) is 5.69 Å². The monoisotopic (exact) mass is 368 g/mol. The van der Waals surface area contributed by atoms with Crippen molar-refractivity contribution in [1.29, 1.82) is 0 Å². The Morgan fingerprint density at radius 1 is 1.19 bits per heavy atom. The molecular weight excluding hydrogens is 340 g/mol. The molecule has 0 unspecified atom stereocenters. The fraction of sp³-hybridized carbons (Fsp3) is 0.476. The first kappa shape index (κ1) is 19.1. The van der Waals surface area contributed by atoms with Crippen LogP contribution in [-0.2, 0) is 19.5 Å². The minimum Gasteiger partial charge on any atom is -0.349 e. The van der Waals surface area contributed by atoms with Gasteiger partial charge in [0.2, 0.25) is 0 Å². The first-order valence-corrected chi connectivity index (χ1v) is 9.86. The van der Waals surface area contributed by atoms with Crippen molar-refractivity contribution in [3.8, 4) is 0 Å². The predicted molar refractivity (Wildman–Crippen MR) is 105 cm³/mol. The molecule has 0 atom stereocenters. The molecular formula is C21H28N4O2. The van der Waals surface area contributed by atoms with Crippen LogP contribution in [0.2, 0.25) is 0 Å². The van der Waals surface area contributed by atoms with Crippen LogP contribution >= 0.6 is 0 Å². The maximum atomic E-state index is 13.2. The van der Waals surface area contributed by atoms with E-state index in [2.05, 4.69) is 10.3 Å². The normalized spacial score (nSPS) is 13.1. The Labute approximate surface area is 160 Å². The largest absolute Gasteiger partial charge is 0.349 e. The predicted octanol–water partition coefficient (Wildman–Crippen LogP) is 3.02. The number of carbonyl (C=O) groups excluding carboxylic acids is 2. The van der Waals surface area contributed by atoms with Gasteiger partial charge in [0.05, 0.1) is 5.69 Å². The van der Waals surface area contributed by atoms with Gasteiger partial charge >= 0.3 is 0 Å². The number of imidazole rings is 1. The second-order valence-corrected chi connectivity index (χ2v) is 6.90. The molecule has 1 aromatic carbocycles. The average Bonchev–Trinajstić information content (AvgIpc) is 3.10. The number of amides is 2. The van der Waals surface area contributed by atoms with E-state index in [1.807, 2.05) is 48.7 Å². The van der Waals surface area contributed by atoms with E-state index in [1.54, 1.807) is 4.90 Å². The van der Waals surface area contributed by atoms with Gasteiger partial charge in [0.15, 0.2) is 5.82 Å². The summed E-state index contributed by atoms with van der Waals surface area (Å²) in [6.45, 7) is 6.48. The summed E-state index contributed by atoms with van der Waals surface area (Å²) >= 11 is 0. The molecule has 6 heteroatoms. The van der Waals surface area contributed by atoms with Crippen LogP contribution in [0.15, 0.2) is 30.3 Å². The first-order chi connectivity index (χ1) is 13.2. The van der Waals surface area contributed by atoms with E-state index in [-0.39, 0.29) is 11.8 Å². The molecule has 1 aromatic heterocycles. The molecule has 0 aliphatic carbocycles. The molecule has 6 nitrogen and oxygen atoms in total. The molecule has 2 heterocycles. The van der Waals surface area contributed by atoms with Crippen LogP contribution in [0.5, 0.6) is 0 Å². The smallest absolute Gasteiger partial charge is 0.287 e. The Bertz CT molecular complexity index is 798. The molecule has 2 aromatic rings. The maximum absolute atomic E-state index is 13.2. The lowest BCUT2D eigenvalue weighted by Crippen LogP contribution is -2.31. The number of nitrogens with one attached hydrogen (secondary N) is 1. The Morgan fingerprint density at radius 2 is 1.96 bits per heavy atom. The topological polar surface area (TPSA) is 67.2 Å². The summed E-state index contributed by atoms with van der Waals surface area (Å²) in [4.78, 5) is 32.1. The van der Waals surface area contributed by atoms with Gasteiger partial charge in [-0.15, -0.1) is 0 Å². The van der Waals surface area contributed by atoms with Crippen molar-refractivity contribution in [3.63, 3.8) is 0 Å². The van der Waals surface area contributed by atoms with Crippen LogP contribution in [0, 0.1) is 0 Å². The van der Waals surface area contributed by atoms with Crippen molar-refractivity contribution >= 4 is 11.8 Å². The Balaban J connectivity index is 1.89. The van der Waals surface area contributed by atoms with Crippen molar-refractivity contribution < 1.29 is 9.59 Å². The van der Waals surface area contributed by atoms with E-state index >= 15 is 0 Å². The highest BCUT2D eigenvalue weighted by Crippen LogP contribution is 2.23. The number of fused-ring (bicyclic) bond motifs is 1. The second-order valence-electron chi connectivity index (χ2n) is 6.90. The molecule has 3 rings (SSSR count). The zero-order valence-corrected chi connectivity index (χ0v) is 16.2. The highest BCUT2D eigenvalue weighted by Gasteiger charge is 2.29. The molecule has 0 radical (unpaired) electrons. The summed E-state index contributed by atoms with van der Waals surface area (Å²) in [6, 6.07) is 9.95. The Morgan fingerprint density at radius 3 is 2.67 bits per heavy atom. The zero-order chi connectivity index (χ0) is 19.2. The fourth-order valence-electron chi connectivity index (χ4n) is 3.49. The number of nitrogens with zero attached hydrogens (tertiary/aromatic N) is 3. The third-order valence-electron chi connectivity index (χ3n) is 4.94. The van der Waals surface area contributed by atoms with Gasteiger partial charge in [-0.25, -0.2) is 4.98 Å². The molecule has 2 amide bonds. The molecule has 0 bridgehead atoms. The highest BCUT2D eigenvalue weighted by molar-refractivity contribution is 5.97. The summed E-state index contributed by atoms with van der Waals surface area (Å²) in [7, 11) is 0. The summed E-state index contributed by atoms with van der Waals surface area (Å²) in [5.74, 6) is 0.0870. The van der Waals surface area contributed by atoms with Crippen molar-refractivity contribution in [2.24, 2.45) is 0 Å². The van der Waals surface area contributed by atoms with Gasteiger partial charge in [-0.3, -0.25) is 9.59 Å². The molecule has 1 N–H and O–H groups in total. The van der Waals surface area contributed by atoms with E-state index in [1.165, 1.54) is 0 Å². The van der Waals surface area contributed by atoms with Gasteiger partial charge in [0, 0.05) is 26.2 Å². The third kappa shape index (κ3) is 4.21. The number of benzene rings is 1. The second kappa shape index (κ2) is 8.84. The van der Waals surface area contributed by atoms with Crippen molar-refractivity contribution in [3.05, 3.63) is 53.1 Å². The van der Waals surface area contributed by atoms with Gasteiger partial charge in [-0.1, -0.05) is 37.3 Å². The zero-order valence-electron chi connectivity index (χ0n) is 16.2. The molecule has 144 valence electrons. The van der Waals surface area contributed by atoms with Crippen LogP contribution in [0.1, 0.15) is 65.5 Å². The summed E-state index contributed by atoms with van der Waals surface area (Å²) < 4.78 is 1.94. The Kier molecular flexibility index (Phi) is 6.27. The van der Waals surface area contributed by atoms with E-state index in [9.17, 15) is 9.59 Å². The van der Waals surface area contributed by atoms with Crippen molar-refractivity contribution in [1.82, 2.24) is 19.8 Å². The van der Waals surface area contributed by atoms with Crippen LogP contribution in [0.3, 0.4) is 0 Å².